The Morgan fingerprint density at radius 2 is 2.21 bits per heavy atom. The highest BCUT2D eigenvalue weighted by molar-refractivity contribution is 9.10. The van der Waals surface area contributed by atoms with Gasteiger partial charge in [-0.25, -0.2) is 0 Å². The van der Waals surface area contributed by atoms with Gasteiger partial charge in [-0.15, -0.1) is 0 Å². The van der Waals surface area contributed by atoms with Crippen LogP contribution in [0.5, 0.6) is 5.75 Å². The average Bonchev–Trinajstić information content (AvgIpc) is 2.19. The van der Waals surface area contributed by atoms with Gasteiger partial charge in [0.15, 0.2) is 0 Å². The Kier molecular flexibility index (Phi) is 2.82. The van der Waals surface area contributed by atoms with Crippen molar-refractivity contribution in [2.75, 3.05) is 7.11 Å². The smallest absolute Gasteiger partial charge is 0.133 e. The number of hydrogen-bond acceptors (Lipinski definition) is 1. The van der Waals surface area contributed by atoms with E-state index in [0.717, 1.165) is 10.2 Å². The van der Waals surface area contributed by atoms with Crippen molar-refractivity contribution >= 4 is 15.9 Å². The monoisotopic (exact) mass is 254 g/mol. The lowest BCUT2D eigenvalue weighted by atomic mass is 9.84. The molecule has 2 rings (SSSR count). The van der Waals surface area contributed by atoms with Gasteiger partial charge >= 0.3 is 0 Å². The van der Waals surface area contributed by atoms with Crippen LogP contribution in [0.2, 0.25) is 0 Å². The van der Waals surface area contributed by atoms with E-state index >= 15 is 0 Å². The topological polar surface area (TPSA) is 9.23 Å². The zero-order valence-electron chi connectivity index (χ0n) is 8.64. The molecule has 0 fully saturated rings. The highest BCUT2D eigenvalue weighted by atomic mass is 79.9. The molecule has 2 heteroatoms. The van der Waals surface area contributed by atoms with Crippen molar-refractivity contribution in [2.24, 2.45) is 0 Å². The second-order valence-electron chi connectivity index (χ2n) is 3.98. The molecule has 0 N–H and O–H groups in total. The SMILES string of the molecule is COc1cc2c(cc1Br)C(C)CCC2. The molecule has 0 aliphatic heterocycles. The van der Waals surface area contributed by atoms with Crippen molar-refractivity contribution < 1.29 is 4.74 Å². The summed E-state index contributed by atoms with van der Waals surface area (Å²) >= 11 is 3.54. The van der Waals surface area contributed by atoms with E-state index in [1.54, 1.807) is 7.11 Å². The van der Waals surface area contributed by atoms with Crippen molar-refractivity contribution in [3.05, 3.63) is 27.7 Å². The quantitative estimate of drug-likeness (QED) is 0.739. The molecule has 0 aromatic heterocycles. The fourth-order valence-corrected chi connectivity index (χ4v) is 2.72. The van der Waals surface area contributed by atoms with Gasteiger partial charge < -0.3 is 4.74 Å². The van der Waals surface area contributed by atoms with Crippen molar-refractivity contribution in [2.45, 2.75) is 32.1 Å². The largest absolute Gasteiger partial charge is 0.496 e. The molecule has 14 heavy (non-hydrogen) atoms. The number of rotatable bonds is 1. The lowest BCUT2D eigenvalue weighted by molar-refractivity contribution is 0.410. The Hall–Kier alpha value is -0.500. The van der Waals surface area contributed by atoms with Crippen LogP contribution in [-0.2, 0) is 6.42 Å². The third-order valence-corrected chi connectivity index (χ3v) is 3.65. The maximum Gasteiger partial charge on any atom is 0.133 e. The first-order valence-electron chi connectivity index (χ1n) is 5.08. The predicted molar refractivity (Wildman–Crippen MR) is 62.0 cm³/mol. The maximum absolute atomic E-state index is 5.30. The summed E-state index contributed by atoms with van der Waals surface area (Å²) in [5, 5.41) is 0. The van der Waals surface area contributed by atoms with Crippen LogP contribution in [0.15, 0.2) is 16.6 Å². The Labute approximate surface area is 93.6 Å². The molecule has 1 aromatic carbocycles. The van der Waals surface area contributed by atoms with Gasteiger partial charge in [0.2, 0.25) is 0 Å². The average molecular weight is 255 g/mol. The van der Waals surface area contributed by atoms with Crippen molar-refractivity contribution in [1.29, 1.82) is 0 Å². The molecule has 0 bridgehead atoms. The van der Waals surface area contributed by atoms with E-state index in [9.17, 15) is 0 Å². The summed E-state index contributed by atoms with van der Waals surface area (Å²) in [5.41, 5.74) is 2.95. The number of ether oxygens (including phenoxy) is 1. The van der Waals surface area contributed by atoms with E-state index in [2.05, 4.69) is 35.0 Å². The zero-order chi connectivity index (χ0) is 10.1. The van der Waals surface area contributed by atoms with Gasteiger partial charge in [0.05, 0.1) is 11.6 Å². The third-order valence-electron chi connectivity index (χ3n) is 3.03. The molecule has 76 valence electrons. The zero-order valence-corrected chi connectivity index (χ0v) is 10.2. The van der Waals surface area contributed by atoms with Gasteiger partial charge in [0.25, 0.3) is 0 Å². The van der Waals surface area contributed by atoms with Crippen LogP contribution in [0.4, 0.5) is 0 Å². The Balaban J connectivity index is 2.48. The third kappa shape index (κ3) is 1.68. The Bertz CT molecular complexity index is 346. The summed E-state index contributed by atoms with van der Waals surface area (Å²) in [6, 6.07) is 4.40. The number of fused-ring (bicyclic) bond motifs is 1. The minimum atomic E-state index is 0.695. The van der Waals surface area contributed by atoms with E-state index in [4.69, 9.17) is 4.74 Å². The van der Waals surface area contributed by atoms with E-state index in [0.29, 0.717) is 5.92 Å². The first-order valence-corrected chi connectivity index (χ1v) is 5.88. The van der Waals surface area contributed by atoms with E-state index < -0.39 is 0 Å². The highest BCUT2D eigenvalue weighted by Crippen LogP contribution is 2.37. The molecular formula is C12H15BrO. The minimum absolute atomic E-state index is 0.695. The molecule has 1 unspecified atom stereocenters. The summed E-state index contributed by atoms with van der Waals surface area (Å²) < 4.78 is 6.38. The summed E-state index contributed by atoms with van der Waals surface area (Å²) in [5.74, 6) is 1.65. The molecule has 1 aliphatic carbocycles. The lowest BCUT2D eigenvalue weighted by Crippen LogP contribution is -2.07. The summed E-state index contributed by atoms with van der Waals surface area (Å²) in [7, 11) is 1.72. The summed E-state index contributed by atoms with van der Waals surface area (Å²) in [4.78, 5) is 0. The summed E-state index contributed by atoms with van der Waals surface area (Å²) in [6.07, 6.45) is 3.81. The minimum Gasteiger partial charge on any atom is -0.496 e. The summed E-state index contributed by atoms with van der Waals surface area (Å²) in [6.45, 7) is 2.30. The molecule has 1 aliphatic rings. The Morgan fingerprint density at radius 1 is 1.43 bits per heavy atom. The fraction of sp³-hybridized carbons (Fsp3) is 0.500. The van der Waals surface area contributed by atoms with E-state index in [-0.39, 0.29) is 0 Å². The van der Waals surface area contributed by atoms with Gasteiger partial charge in [-0.1, -0.05) is 6.92 Å². The van der Waals surface area contributed by atoms with Crippen LogP contribution >= 0.6 is 15.9 Å². The molecule has 0 saturated heterocycles. The van der Waals surface area contributed by atoms with Gasteiger partial charge in [0, 0.05) is 0 Å². The van der Waals surface area contributed by atoms with Crippen LogP contribution in [0.25, 0.3) is 0 Å². The van der Waals surface area contributed by atoms with Gasteiger partial charge in [-0.3, -0.25) is 0 Å². The normalized spacial score (nSPS) is 20.4. The van der Waals surface area contributed by atoms with Crippen molar-refractivity contribution in [3.63, 3.8) is 0 Å². The standard InChI is InChI=1S/C12H15BrO/c1-8-4-3-5-9-6-12(14-2)11(13)7-10(8)9/h6-8H,3-5H2,1-2H3. The van der Waals surface area contributed by atoms with Crippen LogP contribution in [0.1, 0.15) is 36.8 Å². The van der Waals surface area contributed by atoms with Crippen molar-refractivity contribution in [1.82, 2.24) is 0 Å². The van der Waals surface area contributed by atoms with Gasteiger partial charge in [-0.05, 0) is 64.4 Å². The molecule has 0 amide bonds. The van der Waals surface area contributed by atoms with Crippen molar-refractivity contribution in [3.8, 4) is 5.75 Å². The van der Waals surface area contributed by atoms with E-state index in [1.807, 2.05) is 0 Å². The number of halogens is 1. The van der Waals surface area contributed by atoms with Gasteiger partial charge in [0.1, 0.15) is 5.75 Å². The molecule has 0 saturated carbocycles. The number of hydrogen-bond donors (Lipinski definition) is 0. The predicted octanol–water partition coefficient (Wildman–Crippen LogP) is 3.90. The van der Waals surface area contributed by atoms with E-state index in [1.165, 1.54) is 30.4 Å². The van der Waals surface area contributed by atoms with Gasteiger partial charge in [-0.2, -0.15) is 0 Å². The second kappa shape index (κ2) is 3.93. The molecule has 1 atom stereocenters. The lowest BCUT2D eigenvalue weighted by Gasteiger charge is -2.23. The second-order valence-corrected chi connectivity index (χ2v) is 4.83. The van der Waals surface area contributed by atoms with Crippen LogP contribution in [0.3, 0.4) is 0 Å². The molecular weight excluding hydrogens is 240 g/mol. The van der Waals surface area contributed by atoms with Crippen LogP contribution < -0.4 is 4.74 Å². The van der Waals surface area contributed by atoms with Crippen LogP contribution in [0, 0.1) is 0 Å². The van der Waals surface area contributed by atoms with Crippen LogP contribution in [-0.4, -0.2) is 7.11 Å². The highest BCUT2D eigenvalue weighted by Gasteiger charge is 2.18. The number of benzene rings is 1. The molecule has 1 aromatic rings. The first kappa shape index (κ1) is 10.0. The molecule has 0 heterocycles. The molecule has 0 spiro atoms. The molecule has 1 nitrogen and oxygen atoms in total. The number of aryl methyl sites for hydroxylation is 1. The number of methoxy groups -OCH3 is 1. The fourth-order valence-electron chi connectivity index (χ4n) is 2.20. The molecule has 0 radical (unpaired) electrons. The Morgan fingerprint density at radius 3 is 2.93 bits per heavy atom. The maximum atomic E-state index is 5.30. The first-order chi connectivity index (χ1) is 6.72.